The van der Waals surface area contributed by atoms with Crippen molar-refractivity contribution in [3.63, 3.8) is 0 Å². The number of nitrogens with zero attached hydrogens (tertiary/aromatic N) is 1. The van der Waals surface area contributed by atoms with Crippen molar-refractivity contribution in [2.75, 3.05) is 19.7 Å². The van der Waals surface area contributed by atoms with Crippen LogP contribution in [0.5, 0.6) is 5.75 Å². The van der Waals surface area contributed by atoms with Crippen LogP contribution in [0.15, 0.2) is 24.3 Å². The number of likely N-dealkylation sites (tertiary alicyclic amines) is 1. The quantitative estimate of drug-likeness (QED) is 0.895. The van der Waals surface area contributed by atoms with Crippen LogP contribution in [0.3, 0.4) is 0 Å². The first-order valence-electron chi connectivity index (χ1n) is 6.83. The highest BCUT2D eigenvalue weighted by molar-refractivity contribution is 5.79. The van der Waals surface area contributed by atoms with E-state index in [1.54, 1.807) is 4.90 Å². The summed E-state index contributed by atoms with van der Waals surface area (Å²) in [5, 5.41) is 0. The summed E-state index contributed by atoms with van der Waals surface area (Å²) >= 11 is 0. The number of amides is 2. The van der Waals surface area contributed by atoms with E-state index in [4.69, 9.17) is 10.5 Å². The zero-order valence-corrected chi connectivity index (χ0v) is 11.7. The largest absolute Gasteiger partial charge is 0.484 e. The number of piperidine rings is 1. The topological polar surface area (TPSA) is 72.6 Å². The lowest BCUT2D eigenvalue weighted by Gasteiger charge is -2.30. The number of carbonyl (C=O) groups excluding carboxylic acids is 2. The van der Waals surface area contributed by atoms with Gasteiger partial charge in [0.2, 0.25) is 5.91 Å². The van der Waals surface area contributed by atoms with Gasteiger partial charge in [0.05, 0.1) is 0 Å². The summed E-state index contributed by atoms with van der Waals surface area (Å²) in [6, 6.07) is 7.60. The average Bonchev–Trinajstić information content (AvgIpc) is 2.46. The Morgan fingerprint density at radius 2 is 1.95 bits per heavy atom. The number of primary amides is 1. The Bertz CT molecular complexity index is 494. The molecular formula is C15H20N2O3. The van der Waals surface area contributed by atoms with Crippen molar-refractivity contribution in [1.29, 1.82) is 0 Å². The molecule has 2 amide bonds. The summed E-state index contributed by atoms with van der Waals surface area (Å²) in [5.74, 6) is 0.314. The molecule has 1 aliphatic rings. The lowest BCUT2D eigenvalue weighted by molar-refractivity contribution is -0.136. The number of hydrogen-bond donors (Lipinski definition) is 1. The molecule has 0 bridgehead atoms. The van der Waals surface area contributed by atoms with Gasteiger partial charge in [0.25, 0.3) is 5.91 Å². The molecule has 1 saturated heterocycles. The number of para-hydroxylation sites is 1. The van der Waals surface area contributed by atoms with Crippen molar-refractivity contribution in [2.24, 2.45) is 11.7 Å². The summed E-state index contributed by atoms with van der Waals surface area (Å²) < 4.78 is 5.54. The van der Waals surface area contributed by atoms with Crippen molar-refractivity contribution in [3.05, 3.63) is 29.8 Å². The van der Waals surface area contributed by atoms with Crippen molar-refractivity contribution < 1.29 is 14.3 Å². The molecule has 1 fully saturated rings. The van der Waals surface area contributed by atoms with Crippen LogP contribution in [0.2, 0.25) is 0 Å². The van der Waals surface area contributed by atoms with Gasteiger partial charge in [0, 0.05) is 19.0 Å². The summed E-state index contributed by atoms with van der Waals surface area (Å²) in [5.41, 5.74) is 6.28. The predicted octanol–water partition coefficient (Wildman–Crippen LogP) is 1.10. The molecule has 108 valence electrons. The zero-order chi connectivity index (χ0) is 14.5. The highest BCUT2D eigenvalue weighted by Gasteiger charge is 2.25. The third-order valence-electron chi connectivity index (χ3n) is 3.69. The van der Waals surface area contributed by atoms with Crippen molar-refractivity contribution in [2.45, 2.75) is 19.8 Å². The number of nitrogens with two attached hydrogens (primary N) is 1. The maximum atomic E-state index is 12.0. The number of hydrogen-bond acceptors (Lipinski definition) is 3. The Morgan fingerprint density at radius 1 is 1.30 bits per heavy atom. The smallest absolute Gasteiger partial charge is 0.260 e. The predicted molar refractivity (Wildman–Crippen MR) is 75.2 cm³/mol. The second kappa shape index (κ2) is 6.41. The number of ether oxygens (including phenoxy) is 1. The molecule has 1 aliphatic heterocycles. The van der Waals surface area contributed by atoms with Crippen LogP contribution in [0.25, 0.3) is 0 Å². The third kappa shape index (κ3) is 3.50. The van der Waals surface area contributed by atoms with Gasteiger partial charge in [-0.15, -0.1) is 0 Å². The van der Waals surface area contributed by atoms with Gasteiger partial charge in [-0.1, -0.05) is 18.2 Å². The van der Waals surface area contributed by atoms with Crippen molar-refractivity contribution in [3.8, 4) is 5.75 Å². The average molecular weight is 276 g/mol. The summed E-state index contributed by atoms with van der Waals surface area (Å²) in [7, 11) is 0. The number of carbonyl (C=O) groups is 2. The van der Waals surface area contributed by atoms with Gasteiger partial charge in [0.1, 0.15) is 5.75 Å². The number of benzene rings is 1. The van der Waals surface area contributed by atoms with Crippen LogP contribution in [0, 0.1) is 12.8 Å². The van der Waals surface area contributed by atoms with Gasteiger partial charge in [-0.05, 0) is 31.4 Å². The molecule has 5 heteroatoms. The molecule has 0 aliphatic carbocycles. The van der Waals surface area contributed by atoms with E-state index < -0.39 is 0 Å². The van der Waals surface area contributed by atoms with Crippen LogP contribution < -0.4 is 10.5 Å². The standard InChI is InChI=1S/C15H20N2O3/c1-11-4-2-3-5-13(11)20-10-14(18)17-8-6-12(7-9-17)15(16)19/h2-5,12H,6-10H2,1H3,(H2,16,19). The van der Waals surface area contributed by atoms with Crippen LogP contribution in [0.1, 0.15) is 18.4 Å². The Labute approximate surface area is 118 Å². The zero-order valence-electron chi connectivity index (χ0n) is 11.7. The van der Waals surface area contributed by atoms with Crippen molar-refractivity contribution in [1.82, 2.24) is 4.90 Å². The molecule has 2 N–H and O–H groups in total. The minimum absolute atomic E-state index is 0.0338. The molecule has 1 aromatic rings. The summed E-state index contributed by atoms with van der Waals surface area (Å²) in [6.07, 6.45) is 1.29. The second-order valence-electron chi connectivity index (χ2n) is 5.11. The van der Waals surface area contributed by atoms with E-state index in [1.807, 2.05) is 31.2 Å². The Hall–Kier alpha value is -2.04. The monoisotopic (exact) mass is 276 g/mol. The van der Waals surface area contributed by atoms with Gasteiger partial charge >= 0.3 is 0 Å². The first kappa shape index (κ1) is 14.4. The maximum Gasteiger partial charge on any atom is 0.260 e. The fraction of sp³-hybridized carbons (Fsp3) is 0.467. The normalized spacial score (nSPS) is 15.9. The number of aryl methyl sites for hydroxylation is 1. The fourth-order valence-corrected chi connectivity index (χ4v) is 2.36. The van der Waals surface area contributed by atoms with E-state index in [2.05, 4.69) is 0 Å². The van der Waals surface area contributed by atoms with E-state index in [9.17, 15) is 9.59 Å². The molecular weight excluding hydrogens is 256 g/mol. The lowest BCUT2D eigenvalue weighted by atomic mass is 9.96. The van der Waals surface area contributed by atoms with E-state index in [0.29, 0.717) is 25.9 Å². The lowest BCUT2D eigenvalue weighted by Crippen LogP contribution is -2.43. The molecule has 0 aromatic heterocycles. The molecule has 2 rings (SSSR count). The van der Waals surface area contributed by atoms with E-state index in [1.165, 1.54) is 0 Å². The van der Waals surface area contributed by atoms with E-state index in [0.717, 1.165) is 11.3 Å². The maximum absolute atomic E-state index is 12.0. The Kier molecular flexibility index (Phi) is 4.61. The van der Waals surface area contributed by atoms with Gasteiger partial charge in [-0.25, -0.2) is 0 Å². The minimum atomic E-state index is -0.270. The molecule has 1 aromatic carbocycles. The van der Waals surface area contributed by atoms with Gasteiger partial charge in [0.15, 0.2) is 6.61 Å². The van der Waals surface area contributed by atoms with Gasteiger partial charge < -0.3 is 15.4 Å². The fourth-order valence-electron chi connectivity index (χ4n) is 2.36. The Morgan fingerprint density at radius 3 is 2.55 bits per heavy atom. The molecule has 5 nitrogen and oxygen atoms in total. The Balaban J connectivity index is 1.82. The van der Waals surface area contributed by atoms with Gasteiger partial charge in [-0.2, -0.15) is 0 Å². The van der Waals surface area contributed by atoms with Crippen LogP contribution in [-0.4, -0.2) is 36.4 Å². The molecule has 0 unspecified atom stereocenters. The number of rotatable bonds is 4. The molecule has 0 spiro atoms. The molecule has 1 heterocycles. The molecule has 0 saturated carbocycles. The van der Waals surface area contributed by atoms with E-state index >= 15 is 0 Å². The first-order valence-corrected chi connectivity index (χ1v) is 6.83. The SMILES string of the molecule is Cc1ccccc1OCC(=O)N1CCC(C(N)=O)CC1. The highest BCUT2D eigenvalue weighted by Crippen LogP contribution is 2.18. The molecule has 0 atom stereocenters. The summed E-state index contributed by atoms with van der Waals surface area (Å²) in [4.78, 5) is 24.9. The molecule has 0 radical (unpaired) electrons. The van der Waals surface area contributed by atoms with E-state index in [-0.39, 0.29) is 24.3 Å². The van der Waals surface area contributed by atoms with Crippen LogP contribution in [-0.2, 0) is 9.59 Å². The van der Waals surface area contributed by atoms with Crippen LogP contribution >= 0.6 is 0 Å². The van der Waals surface area contributed by atoms with Crippen molar-refractivity contribution >= 4 is 11.8 Å². The second-order valence-corrected chi connectivity index (χ2v) is 5.11. The third-order valence-corrected chi connectivity index (χ3v) is 3.69. The molecule has 20 heavy (non-hydrogen) atoms. The van der Waals surface area contributed by atoms with Crippen LogP contribution in [0.4, 0.5) is 0 Å². The first-order chi connectivity index (χ1) is 9.58. The van der Waals surface area contributed by atoms with Gasteiger partial charge in [-0.3, -0.25) is 9.59 Å². The summed E-state index contributed by atoms with van der Waals surface area (Å²) in [6.45, 7) is 3.12. The minimum Gasteiger partial charge on any atom is -0.484 e. The highest BCUT2D eigenvalue weighted by atomic mass is 16.5.